The van der Waals surface area contributed by atoms with Crippen molar-refractivity contribution in [2.45, 2.75) is 12.7 Å². The molecule has 0 aliphatic rings. The van der Waals surface area contributed by atoms with Gasteiger partial charge in [-0.25, -0.2) is 4.79 Å². The Labute approximate surface area is 212 Å². The SMILES string of the molecule is COC(COCCOCCOCCOCCOCCOCCc1cc(Cl)cc(NC(N)=O)c1)OC. The van der Waals surface area contributed by atoms with Gasteiger partial charge in [0, 0.05) is 24.9 Å². The Morgan fingerprint density at radius 3 is 1.69 bits per heavy atom. The van der Waals surface area contributed by atoms with Crippen molar-refractivity contribution in [2.75, 3.05) is 98.8 Å². The van der Waals surface area contributed by atoms with Crippen LogP contribution in [0, 0.1) is 0 Å². The van der Waals surface area contributed by atoms with Gasteiger partial charge in [-0.1, -0.05) is 11.6 Å². The molecule has 0 unspecified atom stereocenters. The van der Waals surface area contributed by atoms with Crippen LogP contribution in [-0.2, 0) is 44.3 Å². The van der Waals surface area contributed by atoms with Crippen LogP contribution in [0.5, 0.6) is 0 Å². The number of hydrogen-bond donors (Lipinski definition) is 2. The molecule has 0 saturated heterocycles. The fraction of sp³-hybridized carbons (Fsp3) is 0.696. The van der Waals surface area contributed by atoms with Crippen molar-refractivity contribution in [3.8, 4) is 0 Å². The molecule has 2 amide bonds. The quantitative estimate of drug-likeness (QED) is 0.164. The van der Waals surface area contributed by atoms with Crippen LogP contribution in [-0.4, -0.2) is 106 Å². The average molecular weight is 523 g/mol. The van der Waals surface area contributed by atoms with Crippen molar-refractivity contribution in [3.05, 3.63) is 28.8 Å². The van der Waals surface area contributed by atoms with Gasteiger partial charge in [0.2, 0.25) is 0 Å². The van der Waals surface area contributed by atoms with Crippen molar-refractivity contribution >= 4 is 23.3 Å². The maximum atomic E-state index is 11.0. The summed E-state index contributed by atoms with van der Waals surface area (Å²) in [7, 11) is 3.13. The van der Waals surface area contributed by atoms with Gasteiger partial charge in [0.15, 0.2) is 6.29 Å². The van der Waals surface area contributed by atoms with Crippen molar-refractivity contribution in [1.82, 2.24) is 0 Å². The number of carbonyl (C=O) groups excluding carboxylic acids is 1. The monoisotopic (exact) mass is 522 g/mol. The van der Waals surface area contributed by atoms with Gasteiger partial charge >= 0.3 is 6.03 Å². The molecule has 1 aromatic carbocycles. The number of primary amides is 1. The Morgan fingerprint density at radius 1 is 0.771 bits per heavy atom. The summed E-state index contributed by atoms with van der Waals surface area (Å²) in [6, 6.07) is 4.63. The summed E-state index contributed by atoms with van der Waals surface area (Å²) in [5.41, 5.74) is 6.63. The highest BCUT2D eigenvalue weighted by Gasteiger charge is 2.04. The number of halogens is 1. The summed E-state index contributed by atoms with van der Waals surface area (Å²) in [6.45, 7) is 5.71. The molecule has 3 N–H and O–H groups in total. The first-order valence-corrected chi connectivity index (χ1v) is 11.8. The molecule has 11 nitrogen and oxygen atoms in total. The van der Waals surface area contributed by atoms with Gasteiger partial charge in [-0.15, -0.1) is 0 Å². The number of nitrogens with two attached hydrogens (primary N) is 1. The standard InChI is InChI=1S/C23H39ClN2O9/c1-28-22(29-2)18-35-14-13-34-12-11-33-10-9-32-8-7-31-6-5-30-4-3-19-15-20(24)17-21(16-19)26-23(25)27/h15-17,22H,3-14,18H2,1-2H3,(H3,25,26,27). The van der Waals surface area contributed by atoms with E-state index in [2.05, 4.69) is 5.32 Å². The Hall–Kier alpha value is -1.54. The van der Waals surface area contributed by atoms with Crippen LogP contribution < -0.4 is 11.1 Å². The van der Waals surface area contributed by atoms with Crippen LogP contribution in [0.4, 0.5) is 10.5 Å². The van der Waals surface area contributed by atoms with Gasteiger partial charge in [0.05, 0.1) is 79.3 Å². The first-order valence-electron chi connectivity index (χ1n) is 11.4. The molecule has 0 heterocycles. The molecule has 0 bridgehead atoms. The number of ether oxygens (including phenoxy) is 8. The van der Waals surface area contributed by atoms with E-state index in [1.165, 1.54) is 0 Å². The zero-order valence-electron chi connectivity index (χ0n) is 20.6. The number of benzene rings is 1. The first-order chi connectivity index (χ1) is 17.0. The highest BCUT2D eigenvalue weighted by Crippen LogP contribution is 2.19. The van der Waals surface area contributed by atoms with Crippen molar-refractivity contribution in [1.29, 1.82) is 0 Å². The van der Waals surface area contributed by atoms with E-state index < -0.39 is 6.03 Å². The molecule has 1 aromatic rings. The molecule has 0 aliphatic carbocycles. The van der Waals surface area contributed by atoms with Crippen molar-refractivity contribution < 1.29 is 42.7 Å². The molecule has 202 valence electrons. The molecule has 0 saturated carbocycles. The van der Waals surface area contributed by atoms with E-state index in [1.807, 2.05) is 12.1 Å². The second-order valence-electron chi connectivity index (χ2n) is 7.13. The summed E-state index contributed by atoms with van der Waals surface area (Å²) in [4.78, 5) is 11.0. The predicted molar refractivity (Wildman–Crippen MR) is 131 cm³/mol. The van der Waals surface area contributed by atoms with Gasteiger partial charge in [0.1, 0.15) is 0 Å². The number of urea groups is 1. The third-order valence-electron chi connectivity index (χ3n) is 4.40. The number of hydrogen-bond acceptors (Lipinski definition) is 9. The van der Waals surface area contributed by atoms with Crippen molar-refractivity contribution in [2.24, 2.45) is 5.73 Å². The minimum Gasteiger partial charge on any atom is -0.379 e. The van der Waals surface area contributed by atoms with E-state index in [0.29, 0.717) is 96.4 Å². The lowest BCUT2D eigenvalue weighted by molar-refractivity contribution is -0.143. The van der Waals surface area contributed by atoms with Crippen LogP contribution in [0.3, 0.4) is 0 Å². The molecule has 0 atom stereocenters. The minimum atomic E-state index is -0.633. The van der Waals surface area contributed by atoms with Crippen LogP contribution in [0.15, 0.2) is 18.2 Å². The zero-order chi connectivity index (χ0) is 25.6. The van der Waals surface area contributed by atoms with Crippen molar-refractivity contribution in [3.63, 3.8) is 0 Å². The van der Waals surface area contributed by atoms with Crippen LogP contribution >= 0.6 is 11.6 Å². The lowest BCUT2D eigenvalue weighted by Gasteiger charge is -2.13. The first kappa shape index (κ1) is 31.5. The molecule has 0 spiro atoms. The van der Waals surface area contributed by atoms with Gasteiger partial charge in [-0.3, -0.25) is 0 Å². The number of carbonyl (C=O) groups is 1. The fourth-order valence-electron chi connectivity index (χ4n) is 2.71. The Balaban J connectivity index is 1.83. The molecule has 35 heavy (non-hydrogen) atoms. The molecule has 0 aliphatic heterocycles. The van der Waals surface area contributed by atoms with E-state index >= 15 is 0 Å². The normalized spacial score (nSPS) is 11.3. The minimum absolute atomic E-state index is 0.355. The molecular weight excluding hydrogens is 484 g/mol. The van der Waals surface area contributed by atoms with Gasteiger partial charge in [0.25, 0.3) is 0 Å². The Kier molecular flexibility index (Phi) is 19.5. The Bertz CT molecular complexity index is 666. The van der Waals surface area contributed by atoms with Crippen LogP contribution in [0.1, 0.15) is 5.56 Å². The van der Waals surface area contributed by atoms with Crippen LogP contribution in [0.2, 0.25) is 5.02 Å². The summed E-state index contributed by atoms with van der Waals surface area (Å²) in [5.74, 6) is 0. The number of nitrogens with one attached hydrogen (secondary N) is 1. The predicted octanol–water partition coefficient (Wildman–Crippen LogP) is 2.09. The third kappa shape index (κ3) is 18.4. The number of methoxy groups -OCH3 is 2. The van der Waals surface area contributed by atoms with E-state index in [9.17, 15) is 4.79 Å². The second-order valence-corrected chi connectivity index (χ2v) is 7.56. The number of amides is 2. The topological polar surface area (TPSA) is 129 Å². The van der Waals surface area contributed by atoms with E-state index in [-0.39, 0.29) is 6.29 Å². The van der Waals surface area contributed by atoms with Gasteiger partial charge in [-0.2, -0.15) is 0 Å². The molecule has 12 heteroatoms. The summed E-state index contributed by atoms with van der Waals surface area (Å²) < 4.78 is 42.7. The highest BCUT2D eigenvalue weighted by molar-refractivity contribution is 6.31. The largest absolute Gasteiger partial charge is 0.379 e. The Morgan fingerprint density at radius 2 is 1.23 bits per heavy atom. The number of anilines is 1. The smallest absolute Gasteiger partial charge is 0.316 e. The molecule has 1 rings (SSSR count). The van der Waals surface area contributed by atoms with Gasteiger partial charge in [-0.05, 0) is 30.2 Å². The fourth-order valence-corrected chi connectivity index (χ4v) is 2.97. The summed E-state index contributed by atoms with van der Waals surface area (Å²) >= 11 is 6.05. The maximum Gasteiger partial charge on any atom is 0.316 e. The lowest BCUT2D eigenvalue weighted by Crippen LogP contribution is -2.21. The summed E-state index contributed by atoms with van der Waals surface area (Å²) in [5, 5.41) is 3.03. The van der Waals surface area contributed by atoms with E-state index in [1.54, 1.807) is 20.3 Å². The summed E-state index contributed by atoms with van der Waals surface area (Å²) in [6.07, 6.45) is 0.297. The maximum absolute atomic E-state index is 11.0. The number of rotatable bonds is 23. The second kappa shape index (κ2) is 21.7. The zero-order valence-corrected chi connectivity index (χ0v) is 21.4. The molecular formula is C23H39ClN2O9. The average Bonchev–Trinajstić information content (AvgIpc) is 2.82. The molecule has 0 fully saturated rings. The van der Waals surface area contributed by atoms with Gasteiger partial charge < -0.3 is 48.9 Å². The lowest BCUT2D eigenvalue weighted by atomic mass is 10.1. The van der Waals surface area contributed by atoms with E-state index in [0.717, 1.165) is 5.56 Å². The van der Waals surface area contributed by atoms with E-state index in [4.69, 9.17) is 55.2 Å². The highest BCUT2D eigenvalue weighted by atomic mass is 35.5. The third-order valence-corrected chi connectivity index (χ3v) is 4.62. The molecule has 0 aromatic heterocycles. The molecule has 0 radical (unpaired) electrons. The van der Waals surface area contributed by atoms with Crippen LogP contribution in [0.25, 0.3) is 0 Å².